The molecule has 15 unspecified atom stereocenters. The van der Waals surface area contributed by atoms with Crippen LogP contribution in [-0.4, -0.2) is 225 Å². The zero-order chi connectivity index (χ0) is 78.1. The van der Waals surface area contributed by atoms with Crippen LogP contribution in [0.25, 0.3) is 49.3 Å². The Labute approximate surface area is 635 Å². The number of carbonyl (C=O) groups excluding carboxylic acids is 8. The number of thiazole rings is 5. The largest absolute Gasteiger partial charge is 0.499 e. The van der Waals surface area contributed by atoms with Gasteiger partial charge in [0.2, 0.25) is 12.2 Å². The molecule has 12 heterocycles. The summed E-state index contributed by atoms with van der Waals surface area (Å²) in [5.74, 6) is -9.87. The van der Waals surface area contributed by atoms with Crippen LogP contribution in [0.3, 0.4) is 0 Å². The Morgan fingerprint density at radius 1 is 0.807 bits per heavy atom. The summed E-state index contributed by atoms with van der Waals surface area (Å²) in [5, 5.41) is 87.7. The summed E-state index contributed by atoms with van der Waals surface area (Å²) >= 11 is 4.11. The molecule has 0 aliphatic carbocycles. The Hall–Kier alpha value is -9.77. The molecule has 0 spiro atoms. The molecule has 12 bridgehead atoms. The fourth-order valence-corrected chi connectivity index (χ4v) is 17.3. The fraction of sp³-hybridized carbons (Fsp3) is 0.403. The van der Waals surface area contributed by atoms with E-state index in [-0.39, 0.29) is 116 Å². The van der Waals surface area contributed by atoms with Gasteiger partial charge < -0.3 is 106 Å². The summed E-state index contributed by atoms with van der Waals surface area (Å²) in [6, 6.07) is -2.26. The summed E-state index contributed by atoms with van der Waals surface area (Å²) in [6.45, 7) is 8.20. The lowest BCUT2D eigenvalue weighted by atomic mass is 9.85. The van der Waals surface area contributed by atoms with Crippen LogP contribution in [0.2, 0.25) is 0 Å². The number of aliphatic hydroxyl groups excluding tert-OH is 4. The molecule has 7 aromatic heterocycles. The standard InChI is InChI=1S/C67H69FN14O22S5/c1-22(53(69)87)70-54(88)33-19-108-62(75-33)44-38(103-66-49(86)48(85)47(84)25(4)102-66)12-27-43(77-44)32-17-106-60(72-32)31-16-100-64(93)46-29-15-98-50(51(104-39-13-67(6,95)52(81(7)8)26(5)101-39)65(94)99-14-28-30(68)10-11-37(40(28)29)82(46)96)45(63-76-34(20-109-63)55(89)71-31)80-57(91)36-21-107-61(74-36)42(24(3)97-9)79-58(92)41(23(2)83)78-56(90)35-18-105-59(27)73-35/h10-12,17-21,23,25-26,31,39,41,45,47-52,66,83-86,95-96H,1,13-16H2,2-9H3,(H2,69,87)(H,70,88)(H,71,89)(H,78,90)(H,79,92)(H,80,91)/b42-24+. The Balaban J connectivity index is 1.01. The maximum atomic E-state index is 16.6. The van der Waals surface area contributed by atoms with Crippen LogP contribution in [0.15, 0.2) is 63.1 Å². The maximum Gasteiger partial charge on any atom is 0.358 e. The second kappa shape index (κ2) is 30.9. The van der Waals surface area contributed by atoms with E-state index in [0.29, 0.717) is 4.73 Å². The number of esters is 2. The Morgan fingerprint density at radius 3 is 2.17 bits per heavy atom. The van der Waals surface area contributed by atoms with Gasteiger partial charge in [-0.05, 0) is 66.9 Å². The highest BCUT2D eigenvalue weighted by Gasteiger charge is 2.51. The number of ether oxygens (including phenoxy) is 8. The minimum absolute atomic E-state index is 0.00509. The SMILES string of the molecule is C=C(NC(=O)c1csc(-c2nc3c(cc2OC2OC(C)C(O)C(O)C2O)-c2nc(cs2)C(=O)NC(C(C)O)C(=O)N/C(=C(\C)OC)c2nc(cs2)C(=O)NC2c4nc(cs4)C(=O)NC(COC(=O)c4c5c6c(c(F)ccc6n4O)COC(=O)C(OC4CC(C)(O)C(N(C)C)C(C)O4)C2OC5)c2nc-3cs2)n1)C(N)=O. The first-order chi connectivity index (χ1) is 51.8. The molecule has 576 valence electrons. The third-order valence-corrected chi connectivity index (χ3v) is 22.9. The zero-order valence-corrected chi connectivity index (χ0v) is 62.6. The number of amides is 6. The molecule has 2 saturated heterocycles. The molecule has 0 radical (unpaired) electrons. The quantitative estimate of drug-likeness (QED) is 0.0383. The van der Waals surface area contributed by atoms with E-state index in [1.165, 1.54) is 60.8 Å². The predicted octanol–water partition coefficient (Wildman–Crippen LogP) is 2.53. The van der Waals surface area contributed by atoms with Crippen molar-refractivity contribution in [2.75, 3.05) is 27.8 Å². The number of likely N-dealkylation sites (N-methyl/N-ethyl adjacent to an activating group) is 1. The van der Waals surface area contributed by atoms with Crippen molar-refractivity contribution in [3.63, 3.8) is 0 Å². The lowest BCUT2D eigenvalue weighted by molar-refractivity contribution is -0.280. The van der Waals surface area contributed by atoms with Gasteiger partial charge in [-0.1, -0.05) is 6.58 Å². The fourth-order valence-electron chi connectivity index (χ4n) is 13.1. The second-order valence-corrected chi connectivity index (χ2v) is 30.6. The highest BCUT2D eigenvalue weighted by molar-refractivity contribution is 7.14. The van der Waals surface area contributed by atoms with Crippen LogP contribution in [0.4, 0.5) is 4.39 Å². The number of halogens is 1. The van der Waals surface area contributed by atoms with E-state index in [2.05, 4.69) is 48.1 Å². The molecule has 109 heavy (non-hydrogen) atoms. The molecular weight excluding hydrogens is 1530 g/mol. The molecule has 0 saturated carbocycles. The molecule has 5 aliphatic heterocycles. The van der Waals surface area contributed by atoms with Crippen molar-refractivity contribution < 1.29 is 111 Å². The number of carbonyl (C=O) groups is 8. The van der Waals surface area contributed by atoms with Gasteiger partial charge in [0.25, 0.3) is 29.5 Å². The Morgan fingerprint density at radius 2 is 1.47 bits per heavy atom. The highest BCUT2D eigenvalue weighted by atomic mass is 32.1. The number of pyridine rings is 1. The van der Waals surface area contributed by atoms with Gasteiger partial charge in [0.05, 0.1) is 54.9 Å². The van der Waals surface area contributed by atoms with Gasteiger partial charge in [0, 0.05) is 55.4 Å². The molecule has 2 fully saturated rings. The van der Waals surface area contributed by atoms with Crippen LogP contribution >= 0.6 is 56.7 Å². The number of nitrogens with two attached hydrogens (primary N) is 1. The number of rotatable bonds is 11. The van der Waals surface area contributed by atoms with Gasteiger partial charge in [0.15, 0.2) is 23.8 Å². The summed E-state index contributed by atoms with van der Waals surface area (Å²) in [7, 11) is 4.73. The van der Waals surface area contributed by atoms with Gasteiger partial charge in [-0.25, -0.2) is 43.9 Å². The molecule has 1 aromatic carbocycles. The first-order valence-electron chi connectivity index (χ1n) is 33.1. The average Bonchev–Trinajstić information content (AvgIpc) is 1.62. The van der Waals surface area contributed by atoms with E-state index in [1.54, 1.807) is 32.8 Å². The number of methoxy groups -OCH3 is 1. The van der Waals surface area contributed by atoms with Gasteiger partial charge in [0.1, 0.15) is 138 Å². The van der Waals surface area contributed by atoms with Crippen molar-refractivity contribution in [1.29, 1.82) is 0 Å². The normalized spacial score (nSPS) is 27.1. The van der Waals surface area contributed by atoms with Gasteiger partial charge in [-0.2, -0.15) is 4.73 Å². The number of fused-ring (bicyclic) bond motifs is 15. The number of cyclic esters (lactones) is 2. The van der Waals surface area contributed by atoms with E-state index in [4.69, 9.17) is 58.6 Å². The monoisotopic (exact) mass is 1600 g/mol. The molecule has 36 nitrogen and oxygen atoms in total. The van der Waals surface area contributed by atoms with Crippen molar-refractivity contribution in [2.24, 2.45) is 5.73 Å². The number of hydrogen-bond acceptors (Lipinski definition) is 34. The van der Waals surface area contributed by atoms with E-state index < -0.39 is 176 Å². The van der Waals surface area contributed by atoms with Crippen LogP contribution in [0.1, 0.15) is 132 Å². The second-order valence-electron chi connectivity index (χ2n) is 26.2. The van der Waals surface area contributed by atoms with Crippen LogP contribution in [0, 0.1) is 5.82 Å². The zero-order valence-electron chi connectivity index (χ0n) is 58.5. The predicted molar refractivity (Wildman–Crippen MR) is 381 cm³/mol. The summed E-state index contributed by atoms with van der Waals surface area (Å²) < 4.78 is 66.6. The number of nitrogens with zero attached hydrogens (tertiary/aromatic N) is 8. The molecular formula is C67H69FN14O22S5. The van der Waals surface area contributed by atoms with Gasteiger partial charge in [-0.15, -0.1) is 56.7 Å². The molecule has 5 aliphatic rings. The molecule has 42 heteroatoms. The average molecular weight is 1600 g/mol. The summed E-state index contributed by atoms with van der Waals surface area (Å²) in [5.41, 5.74) is -0.157. The summed E-state index contributed by atoms with van der Waals surface area (Å²) in [4.78, 5) is 146. The minimum atomic E-state index is -2.08. The number of hydrogen-bond donors (Lipinski definition) is 12. The maximum absolute atomic E-state index is 16.6. The third-order valence-electron chi connectivity index (χ3n) is 18.4. The van der Waals surface area contributed by atoms with E-state index in [0.717, 1.165) is 68.8 Å². The van der Waals surface area contributed by atoms with E-state index in [9.17, 15) is 49.9 Å². The molecule has 13 N–H and O–H groups in total. The smallest absolute Gasteiger partial charge is 0.358 e. The molecule has 8 aromatic rings. The third kappa shape index (κ3) is 15.2. The molecule has 13 rings (SSSR count). The van der Waals surface area contributed by atoms with E-state index >= 15 is 23.6 Å². The summed E-state index contributed by atoms with van der Waals surface area (Å²) in [6.07, 6.45) is -16.5. The van der Waals surface area contributed by atoms with Crippen molar-refractivity contribution in [1.82, 2.24) is 66.1 Å². The van der Waals surface area contributed by atoms with Crippen molar-refractivity contribution in [3.05, 3.63) is 124 Å². The van der Waals surface area contributed by atoms with Crippen LogP contribution < -0.4 is 37.1 Å². The minimum Gasteiger partial charge on any atom is -0.499 e. The lowest BCUT2D eigenvalue weighted by Gasteiger charge is -2.48. The van der Waals surface area contributed by atoms with Crippen molar-refractivity contribution in [3.8, 4) is 38.4 Å². The van der Waals surface area contributed by atoms with Crippen molar-refractivity contribution in [2.45, 2.75) is 145 Å². The lowest BCUT2D eigenvalue weighted by Crippen LogP contribution is -2.62. The van der Waals surface area contributed by atoms with Gasteiger partial charge in [-0.3, -0.25) is 28.8 Å². The molecule has 6 amide bonds. The van der Waals surface area contributed by atoms with Crippen LogP contribution in [0.5, 0.6) is 5.75 Å². The molecule has 15 atom stereocenters. The highest BCUT2D eigenvalue weighted by Crippen LogP contribution is 2.45. The number of nitrogens with one attached hydrogen (secondary N) is 5. The Bertz CT molecular complexity index is 5010. The topological polar surface area (TPSA) is 503 Å². The van der Waals surface area contributed by atoms with Crippen molar-refractivity contribution >= 4 is 121 Å². The van der Waals surface area contributed by atoms with Crippen LogP contribution in [-0.2, 0) is 60.8 Å². The van der Waals surface area contributed by atoms with E-state index in [1.807, 2.05) is 0 Å². The Kier molecular flexibility index (Phi) is 22.0. The first kappa shape index (κ1) is 77.4. The number of aliphatic hydroxyl groups is 5. The number of benzene rings is 1. The number of aromatic nitrogens is 7. The number of allylic oxidation sites excluding steroid dienone is 1. The first-order valence-corrected chi connectivity index (χ1v) is 37.5. The van der Waals surface area contributed by atoms with Gasteiger partial charge >= 0.3 is 11.9 Å². The number of primary amides is 1.